The highest BCUT2D eigenvalue weighted by molar-refractivity contribution is 7.90. The topological polar surface area (TPSA) is 74.8 Å². The van der Waals surface area contributed by atoms with Crippen molar-refractivity contribution in [3.8, 4) is 0 Å². The molecule has 2 saturated carbocycles. The predicted molar refractivity (Wildman–Crippen MR) is 108 cm³/mol. The molecule has 2 bridgehead atoms. The van der Waals surface area contributed by atoms with E-state index in [4.69, 9.17) is 0 Å². The number of sulfonamides is 1. The van der Waals surface area contributed by atoms with Gasteiger partial charge in [0.2, 0.25) is 15.9 Å². The molecule has 1 spiro atoms. The van der Waals surface area contributed by atoms with Gasteiger partial charge >= 0.3 is 0 Å². The molecule has 2 saturated heterocycles. The van der Waals surface area contributed by atoms with E-state index in [0.717, 1.165) is 24.8 Å². The first-order valence-electron chi connectivity index (χ1n) is 10.5. The van der Waals surface area contributed by atoms with Gasteiger partial charge in [0.05, 0.1) is 17.7 Å². The van der Waals surface area contributed by atoms with Gasteiger partial charge in [-0.1, -0.05) is 51.1 Å². The molecule has 0 radical (unpaired) electrons. The molecule has 1 unspecified atom stereocenters. The van der Waals surface area contributed by atoms with Crippen LogP contribution in [0.15, 0.2) is 30.3 Å². The molecule has 2 amide bonds. The fraction of sp³-hybridized carbons (Fsp3) is 0.636. The number of nitrogens with zero attached hydrogens (tertiary/aromatic N) is 2. The quantitative estimate of drug-likeness (QED) is 0.709. The summed E-state index contributed by atoms with van der Waals surface area (Å²) in [6.45, 7) is 6.41. The molecule has 4 fully saturated rings. The summed E-state index contributed by atoms with van der Waals surface area (Å²) in [7, 11) is -3.67. The fourth-order valence-corrected chi connectivity index (χ4v) is 9.29. The molecule has 0 N–H and O–H groups in total. The van der Waals surface area contributed by atoms with Crippen molar-refractivity contribution >= 4 is 21.8 Å². The van der Waals surface area contributed by atoms with Crippen molar-refractivity contribution in [2.75, 3.05) is 5.75 Å². The van der Waals surface area contributed by atoms with E-state index < -0.39 is 27.9 Å². The van der Waals surface area contributed by atoms with Crippen LogP contribution >= 0.6 is 0 Å². The highest BCUT2D eigenvalue weighted by Gasteiger charge is 2.73. The van der Waals surface area contributed by atoms with E-state index in [1.54, 1.807) is 11.8 Å². The molecule has 1 aromatic rings. The second-order valence-electron chi connectivity index (χ2n) is 9.94. The van der Waals surface area contributed by atoms with E-state index in [9.17, 15) is 18.0 Å². The Morgan fingerprint density at radius 2 is 1.90 bits per heavy atom. The van der Waals surface area contributed by atoms with Gasteiger partial charge in [-0.2, -0.15) is 0 Å². The zero-order chi connectivity index (χ0) is 20.8. The van der Waals surface area contributed by atoms with Crippen LogP contribution in [0.2, 0.25) is 0 Å². The maximum absolute atomic E-state index is 13.6. The van der Waals surface area contributed by atoms with Gasteiger partial charge in [0.1, 0.15) is 6.04 Å². The number of carbonyl (C=O) groups excluding carboxylic acids is 2. The number of hydrogen-bond acceptors (Lipinski definition) is 4. The molecule has 2 aliphatic carbocycles. The second-order valence-corrected chi connectivity index (χ2v) is 11.8. The third kappa shape index (κ3) is 2.31. The van der Waals surface area contributed by atoms with Crippen molar-refractivity contribution in [2.45, 2.75) is 58.7 Å². The van der Waals surface area contributed by atoms with Crippen LogP contribution < -0.4 is 0 Å². The number of carbonyl (C=O) groups is 2. The van der Waals surface area contributed by atoms with Crippen LogP contribution in [0.1, 0.15) is 45.6 Å². The normalized spacial score (nSPS) is 38.8. The molecule has 4 aliphatic rings. The van der Waals surface area contributed by atoms with Crippen LogP contribution in [0.4, 0.5) is 0 Å². The van der Waals surface area contributed by atoms with Crippen molar-refractivity contribution in [2.24, 2.45) is 22.7 Å². The Morgan fingerprint density at radius 1 is 1.21 bits per heavy atom. The zero-order valence-electron chi connectivity index (χ0n) is 17.2. The Balaban J connectivity index is 1.46. The van der Waals surface area contributed by atoms with Crippen LogP contribution in [0.3, 0.4) is 0 Å². The van der Waals surface area contributed by atoms with Crippen molar-refractivity contribution in [3.63, 3.8) is 0 Å². The van der Waals surface area contributed by atoms with Crippen LogP contribution in [-0.4, -0.2) is 47.3 Å². The molecule has 6 nitrogen and oxygen atoms in total. The molecule has 2 aliphatic heterocycles. The van der Waals surface area contributed by atoms with E-state index >= 15 is 0 Å². The largest absolute Gasteiger partial charge is 0.325 e. The summed E-state index contributed by atoms with van der Waals surface area (Å²) in [5.74, 6) is -0.457. The predicted octanol–water partition coefficient (Wildman–Crippen LogP) is 2.40. The summed E-state index contributed by atoms with van der Waals surface area (Å²) in [6, 6.07) is 8.57. The maximum Gasteiger partial charge on any atom is 0.259 e. The Labute approximate surface area is 172 Å². The lowest BCUT2D eigenvalue weighted by Gasteiger charge is -2.46. The molecule has 1 aromatic carbocycles. The van der Waals surface area contributed by atoms with Gasteiger partial charge in [0.25, 0.3) is 5.91 Å². The van der Waals surface area contributed by atoms with Gasteiger partial charge < -0.3 is 4.90 Å². The van der Waals surface area contributed by atoms with Crippen molar-refractivity contribution in [1.29, 1.82) is 0 Å². The number of hydrogen-bond donors (Lipinski definition) is 0. The average molecular weight is 417 g/mol. The summed E-state index contributed by atoms with van der Waals surface area (Å²) in [4.78, 5) is 27.6. The Hall–Kier alpha value is -1.89. The van der Waals surface area contributed by atoms with E-state index in [-0.39, 0.29) is 28.5 Å². The van der Waals surface area contributed by atoms with Gasteiger partial charge in [-0.25, -0.2) is 12.7 Å². The Bertz CT molecular complexity index is 989. The minimum atomic E-state index is -3.67. The Kier molecular flexibility index (Phi) is 3.84. The average Bonchev–Trinajstić information content (AvgIpc) is 3.15. The second kappa shape index (κ2) is 5.84. The molecule has 2 heterocycles. The first-order valence-corrected chi connectivity index (χ1v) is 12.1. The molecule has 0 aromatic heterocycles. The minimum absolute atomic E-state index is 0.0631. The first kappa shape index (κ1) is 19.1. The summed E-state index contributed by atoms with van der Waals surface area (Å²) in [6.07, 6.45) is 2.66. The number of rotatable bonds is 3. The van der Waals surface area contributed by atoms with E-state index in [0.29, 0.717) is 12.5 Å². The number of benzene rings is 1. The lowest BCUT2D eigenvalue weighted by Crippen LogP contribution is -2.66. The van der Waals surface area contributed by atoms with E-state index in [1.165, 1.54) is 4.31 Å². The van der Waals surface area contributed by atoms with Crippen molar-refractivity contribution in [1.82, 2.24) is 9.21 Å². The molecular weight excluding hydrogens is 388 g/mol. The van der Waals surface area contributed by atoms with Gasteiger partial charge in [-0.05, 0) is 36.2 Å². The zero-order valence-corrected chi connectivity index (χ0v) is 18.0. The molecule has 29 heavy (non-hydrogen) atoms. The number of fused-ring (bicyclic) bond motifs is 1. The molecule has 5 rings (SSSR count). The highest BCUT2D eigenvalue weighted by Crippen LogP contribution is 2.70. The van der Waals surface area contributed by atoms with Gasteiger partial charge in [-0.3, -0.25) is 9.59 Å². The Morgan fingerprint density at radius 3 is 2.55 bits per heavy atom. The number of β-lactam (4-membered cyclic amide) rings is 1. The molecule has 7 heteroatoms. The van der Waals surface area contributed by atoms with Gasteiger partial charge in [-0.15, -0.1) is 0 Å². The lowest BCUT2D eigenvalue weighted by molar-refractivity contribution is -0.166. The fourth-order valence-electron chi connectivity index (χ4n) is 6.73. The molecular formula is C22H28N2O4S. The summed E-state index contributed by atoms with van der Waals surface area (Å²) in [5, 5.41) is 0. The summed E-state index contributed by atoms with van der Waals surface area (Å²) >= 11 is 0. The van der Waals surface area contributed by atoms with Crippen molar-refractivity contribution < 1.29 is 18.0 Å². The summed E-state index contributed by atoms with van der Waals surface area (Å²) < 4.78 is 27.6. The smallest absolute Gasteiger partial charge is 0.259 e. The highest BCUT2D eigenvalue weighted by atomic mass is 32.2. The van der Waals surface area contributed by atoms with E-state index in [1.807, 2.05) is 30.3 Å². The van der Waals surface area contributed by atoms with Gasteiger partial charge in [0, 0.05) is 12.0 Å². The molecule has 5 atom stereocenters. The van der Waals surface area contributed by atoms with Crippen LogP contribution in [0.25, 0.3) is 0 Å². The first-order chi connectivity index (χ1) is 13.6. The number of likely N-dealkylation sites (tertiary alicyclic amines) is 1. The minimum Gasteiger partial charge on any atom is -0.325 e. The number of amides is 2. The monoisotopic (exact) mass is 416 g/mol. The van der Waals surface area contributed by atoms with E-state index in [2.05, 4.69) is 13.8 Å². The standard InChI is InChI=1S/C22H28N2O4S/c1-14-18(23(19(14)25)12-15-7-5-4-6-8-15)20(26)24-17-11-16-9-10-22(17,21(16,2)3)13-29(24,27)28/h4-8,14,16-18H,9-13H2,1-3H3/t14?,16-,17+,18-,22-/m1/s1. The van der Waals surface area contributed by atoms with Crippen LogP contribution in [-0.2, 0) is 26.2 Å². The third-order valence-corrected chi connectivity index (χ3v) is 10.5. The SMILES string of the molecule is CC1C(=O)N(Cc2ccccc2)[C@H]1C(=O)N1[C@H]2C[C@H]3CC[C@]2(CS1(=O)=O)C3(C)C. The van der Waals surface area contributed by atoms with Gasteiger partial charge in [0.15, 0.2) is 0 Å². The maximum atomic E-state index is 13.6. The van der Waals surface area contributed by atoms with Crippen molar-refractivity contribution in [3.05, 3.63) is 35.9 Å². The summed E-state index contributed by atoms with van der Waals surface area (Å²) in [5.41, 5.74) is 0.519. The molecule has 156 valence electrons. The third-order valence-electron chi connectivity index (χ3n) is 8.56. The lowest BCUT2D eigenvalue weighted by atomic mass is 9.69. The van der Waals surface area contributed by atoms with Crippen LogP contribution in [0.5, 0.6) is 0 Å². The van der Waals surface area contributed by atoms with Crippen LogP contribution in [0, 0.1) is 22.7 Å².